The second-order valence-corrected chi connectivity index (χ2v) is 8.79. The Morgan fingerprint density at radius 2 is 2.12 bits per heavy atom. The second kappa shape index (κ2) is 11.0. The molecule has 0 radical (unpaired) electrons. The summed E-state index contributed by atoms with van der Waals surface area (Å²) in [6.07, 6.45) is 16.3. The molecule has 146 valence electrons. The van der Waals surface area contributed by atoms with Gasteiger partial charge in [-0.05, 0) is 73.1 Å². The third-order valence-corrected chi connectivity index (χ3v) is 6.14. The minimum Gasteiger partial charge on any atom is -0.450 e. The van der Waals surface area contributed by atoms with Crippen molar-refractivity contribution in [3.05, 3.63) is 47.4 Å². The van der Waals surface area contributed by atoms with Gasteiger partial charge in [0.25, 0.3) is 0 Å². The molecular formula is C24H37ClO. The van der Waals surface area contributed by atoms with Gasteiger partial charge in [-0.1, -0.05) is 70.8 Å². The first-order chi connectivity index (χ1) is 12.5. The van der Waals surface area contributed by atoms with Gasteiger partial charge in [-0.15, -0.1) is 0 Å². The quantitative estimate of drug-likeness (QED) is 0.374. The molecule has 0 bridgehead atoms. The van der Waals surface area contributed by atoms with Crippen LogP contribution in [0.5, 0.6) is 0 Å². The summed E-state index contributed by atoms with van der Waals surface area (Å²) < 4.78 is 5.50. The lowest BCUT2D eigenvalue weighted by Crippen LogP contribution is -2.21. The van der Waals surface area contributed by atoms with Crippen molar-refractivity contribution < 1.29 is 4.42 Å². The predicted molar refractivity (Wildman–Crippen MR) is 114 cm³/mol. The van der Waals surface area contributed by atoms with Crippen molar-refractivity contribution in [2.75, 3.05) is 0 Å². The van der Waals surface area contributed by atoms with E-state index < -0.39 is 0 Å². The van der Waals surface area contributed by atoms with Crippen LogP contribution in [0.3, 0.4) is 0 Å². The van der Waals surface area contributed by atoms with Gasteiger partial charge in [0.2, 0.25) is 0 Å². The minimum absolute atomic E-state index is 0.469. The summed E-state index contributed by atoms with van der Waals surface area (Å²) in [7, 11) is 0. The van der Waals surface area contributed by atoms with E-state index in [1.807, 2.05) is 12.1 Å². The third-order valence-electron chi connectivity index (χ3n) is 5.94. The van der Waals surface area contributed by atoms with Crippen LogP contribution in [0.25, 0.3) is 0 Å². The van der Waals surface area contributed by atoms with E-state index in [4.69, 9.17) is 16.0 Å². The summed E-state index contributed by atoms with van der Waals surface area (Å²) in [5, 5.41) is 0.483. The highest BCUT2D eigenvalue weighted by Crippen LogP contribution is 2.38. The fourth-order valence-electron chi connectivity index (χ4n) is 4.24. The van der Waals surface area contributed by atoms with E-state index in [1.165, 1.54) is 56.9 Å². The van der Waals surface area contributed by atoms with Crippen LogP contribution in [0.2, 0.25) is 5.22 Å². The van der Waals surface area contributed by atoms with E-state index in [2.05, 4.69) is 39.5 Å². The molecule has 2 heteroatoms. The van der Waals surface area contributed by atoms with Crippen LogP contribution in [0, 0.1) is 23.7 Å². The molecule has 0 amide bonds. The van der Waals surface area contributed by atoms with Gasteiger partial charge in [-0.2, -0.15) is 0 Å². The molecular weight excluding hydrogens is 340 g/mol. The van der Waals surface area contributed by atoms with E-state index in [1.54, 1.807) is 0 Å². The van der Waals surface area contributed by atoms with Crippen molar-refractivity contribution >= 4 is 11.6 Å². The Bertz CT molecular complexity index is 571. The zero-order valence-corrected chi connectivity index (χ0v) is 17.7. The maximum Gasteiger partial charge on any atom is 0.193 e. The number of rotatable bonds is 10. The number of halogens is 1. The number of unbranched alkanes of at least 4 members (excludes halogenated alkanes) is 1. The van der Waals surface area contributed by atoms with Crippen LogP contribution in [-0.4, -0.2) is 0 Å². The average Bonchev–Trinajstić information content (AvgIpc) is 3.02. The fraction of sp³-hybridized carbons (Fsp3) is 0.667. The van der Waals surface area contributed by atoms with Crippen LogP contribution >= 0.6 is 11.6 Å². The predicted octanol–water partition coefficient (Wildman–Crippen LogP) is 8.25. The van der Waals surface area contributed by atoms with Crippen LogP contribution in [0.1, 0.15) is 77.9 Å². The van der Waals surface area contributed by atoms with Gasteiger partial charge in [0, 0.05) is 6.42 Å². The van der Waals surface area contributed by atoms with Crippen molar-refractivity contribution in [1.29, 1.82) is 0 Å². The highest BCUT2D eigenvalue weighted by molar-refractivity contribution is 6.28. The smallest absolute Gasteiger partial charge is 0.193 e. The molecule has 0 spiro atoms. The van der Waals surface area contributed by atoms with Gasteiger partial charge in [-0.3, -0.25) is 0 Å². The highest BCUT2D eigenvalue weighted by Gasteiger charge is 2.26. The summed E-state index contributed by atoms with van der Waals surface area (Å²) in [5.41, 5.74) is 1.49. The van der Waals surface area contributed by atoms with E-state index in [0.29, 0.717) is 23.0 Å². The van der Waals surface area contributed by atoms with Gasteiger partial charge in [0.1, 0.15) is 5.76 Å². The summed E-state index contributed by atoms with van der Waals surface area (Å²) in [4.78, 5) is 0. The maximum absolute atomic E-state index is 5.88. The Labute approximate surface area is 165 Å². The molecule has 1 saturated carbocycles. The molecule has 0 aliphatic heterocycles. The first-order valence-electron chi connectivity index (χ1n) is 10.6. The Balaban J connectivity index is 1.88. The fourth-order valence-corrected chi connectivity index (χ4v) is 4.41. The summed E-state index contributed by atoms with van der Waals surface area (Å²) >= 11 is 5.88. The minimum atomic E-state index is 0.469. The topological polar surface area (TPSA) is 13.1 Å². The Morgan fingerprint density at radius 3 is 2.81 bits per heavy atom. The number of furan rings is 1. The van der Waals surface area contributed by atoms with Crippen LogP contribution < -0.4 is 0 Å². The monoisotopic (exact) mass is 376 g/mol. The Kier molecular flexibility index (Phi) is 9.05. The first kappa shape index (κ1) is 21.4. The van der Waals surface area contributed by atoms with Gasteiger partial charge in [-0.25, -0.2) is 0 Å². The molecule has 1 fully saturated rings. The van der Waals surface area contributed by atoms with E-state index in [9.17, 15) is 0 Å². The van der Waals surface area contributed by atoms with Crippen LogP contribution in [0.15, 0.2) is 40.9 Å². The van der Waals surface area contributed by atoms with Crippen LogP contribution in [0.4, 0.5) is 0 Å². The van der Waals surface area contributed by atoms with E-state index >= 15 is 0 Å². The van der Waals surface area contributed by atoms with Crippen molar-refractivity contribution in [2.24, 2.45) is 23.7 Å². The molecule has 1 aliphatic carbocycles. The van der Waals surface area contributed by atoms with Gasteiger partial charge in [0.05, 0.1) is 0 Å². The number of hydrogen-bond acceptors (Lipinski definition) is 1. The Hall–Kier alpha value is -0.950. The molecule has 26 heavy (non-hydrogen) atoms. The average molecular weight is 377 g/mol. The molecule has 1 aliphatic rings. The molecule has 0 saturated heterocycles. The normalized spacial score (nSPS) is 23.5. The third kappa shape index (κ3) is 6.99. The van der Waals surface area contributed by atoms with Gasteiger partial charge >= 0.3 is 0 Å². The lowest BCUT2D eigenvalue weighted by atomic mass is 9.73. The molecule has 0 aromatic carbocycles. The highest BCUT2D eigenvalue weighted by atomic mass is 35.5. The SMILES string of the molecule is C=C1CCCC(/C=C/C(C)Cc2ccc(Cl)o2)C1CC[C@H](C)CCCC. The zero-order valence-electron chi connectivity index (χ0n) is 17.0. The van der Waals surface area contributed by atoms with Crippen molar-refractivity contribution in [3.8, 4) is 0 Å². The van der Waals surface area contributed by atoms with Gasteiger partial charge < -0.3 is 4.42 Å². The first-order valence-corrected chi connectivity index (χ1v) is 11.0. The second-order valence-electron chi connectivity index (χ2n) is 8.42. The number of hydrogen-bond donors (Lipinski definition) is 0. The molecule has 1 nitrogen and oxygen atoms in total. The molecule has 2 rings (SSSR count). The molecule has 3 unspecified atom stereocenters. The molecule has 0 N–H and O–H groups in total. The summed E-state index contributed by atoms with van der Waals surface area (Å²) in [6, 6.07) is 3.81. The Morgan fingerprint density at radius 1 is 1.31 bits per heavy atom. The van der Waals surface area contributed by atoms with E-state index in [-0.39, 0.29) is 0 Å². The molecule has 1 heterocycles. The van der Waals surface area contributed by atoms with E-state index in [0.717, 1.165) is 18.1 Å². The lowest BCUT2D eigenvalue weighted by Gasteiger charge is -2.32. The van der Waals surface area contributed by atoms with Crippen molar-refractivity contribution in [3.63, 3.8) is 0 Å². The number of allylic oxidation sites excluding steroid dienone is 3. The van der Waals surface area contributed by atoms with Crippen molar-refractivity contribution in [1.82, 2.24) is 0 Å². The summed E-state index contributed by atoms with van der Waals surface area (Å²) in [5.74, 6) is 3.63. The van der Waals surface area contributed by atoms with Gasteiger partial charge in [0.15, 0.2) is 5.22 Å². The lowest BCUT2D eigenvalue weighted by molar-refractivity contribution is 0.312. The standard InChI is InChI=1S/C24H37ClO/c1-5-6-8-18(2)12-15-23-20(4)9-7-10-21(23)13-11-19(3)17-22-14-16-24(25)26-22/h11,13-14,16,18-19,21,23H,4-10,12,15,17H2,1-3H3/b13-11+/t18-,19?,21?,23?/m1/s1. The summed E-state index contributed by atoms with van der Waals surface area (Å²) in [6.45, 7) is 11.4. The molecule has 1 aromatic heterocycles. The largest absolute Gasteiger partial charge is 0.450 e. The maximum atomic E-state index is 5.88. The van der Waals surface area contributed by atoms with Crippen LogP contribution in [-0.2, 0) is 6.42 Å². The zero-order chi connectivity index (χ0) is 18.9. The molecule has 1 aromatic rings. The molecule has 4 atom stereocenters. The van der Waals surface area contributed by atoms with Crippen molar-refractivity contribution in [2.45, 2.75) is 78.6 Å².